The third-order valence-corrected chi connectivity index (χ3v) is 3.49. The minimum atomic E-state index is -0.772. The molecule has 0 saturated heterocycles. The molecule has 0 saturated carbocycles. The van der Waals surface area contributed by atoms with Crippen molar-refractivity contribution in [3.63, 3.8) is 0 Å². The summed E-state index contributed by atoms with van der Waals surface area (Å²) in [5, 5.41) is 3.03. The molecule has 1 amide bonds. The van der Waals surface area contributed by atoms with E-state index in [0.29, 0.717) is 6.42 Å². The summed E-state index contributed by atoms with van der Waals surface area (Å²) >= 11 is 0. The number of hydrogen-bond acceptors (Lipinski definition) is 2. The predicted molar refractivity (Wildman–Crippen MR) is 84.7 cm³/mol. The van der Waals surface area contributed by atoms with E-state index in [0.717, 1.165) is 12.8 Å². The van der Waals surface area contributed by atoms with Crippen molar-refractivity contribution in [3.05, 3.63) is 34.9 Å². The van der Waals surface area contributed by atoms with Crippen LogP contribution < -0.4 is 11.1 Å². The molecule has 3 nitrogen and oxygen atoms in total. The van der Waals surface area contributed by atoms with Gasteiger partial charge in [-0.3, -0.25) is 4.79 Å². The summed E-state index contributed by atoms with van der Waals surface area (Å²) in [4.78, 5) is 12.2. The Morgan fingerprint density at radius 2 is 1.85 bits per heavy atom. The Labute approximate surface area is 122 Å². The molecule has 2 unspecified atom stereocenters. The molecule has 0 fully saturated rings. The molecule has 0 heterocycles. The molecule has 112 valence electrons. The topological polar surface area (TPSA) is 55.1 Å². The number of nitrogens with one attached hydrogen (secondary N) is 1. The SMILES string of the molecule is CCCC(C)(N)C(=O)NC(C)Cc1cc(C)cc(C)c1. The molecule has 1 aromatic rings. The van der Waals surface area contributed by atoms with Crippen molar-refractivity contribution in [1.82, 2.24) is 5.32 Å². The normalized spacial score (nSPS) is 15.5. The first-order chi connectivity index (χ1) is 9.24. The summed E-state index contributed by atoms with van der Waals surface area (Å²) in [6.45, 7) is 10.1. The Bertz CT molecular complexity index is 446. The van der Waals surface area contributed by atoms with Crippen LogP contribution in [-0.4, -0.2) is 17.5 Å². The summed E-state index contributed by atoms with van der Waals surface area (Å²) < 4.78 is 0. The van der Waals surface area contributed by atoms with Crippen LogP contribution in [0.3, 0.4) is 0 Å². The number of carbonyl (C=O) groups is 1. The Morgan fingerprint density at radius 3 is 2.35 bits per heavy atom. The zero-order chi connectivity index (χ0) is 15.3. The van der Waals surface area contributed by atoms with Crippen LogP contribution in [-0.2, 0) is 11.2 Å². The molecule has 0 bridgehead atoms. The van der Waals surface area contributed by atoms with Crippen molar-refractivity contribution in [1.29, 1.82) is 0 Å². The number of rotatable bonds is 6. The van der Waals surface area contributed by atoms with Gasteiger partial charge in [-0.25, -0.2) is 0 Å². The van der Waals surface area contributed by atoms with Crippen molar-refractivity contribution >= 4 is 5.91 Å². The first-order valence-corrected chi connectivity index (χ1v) is 7.41. The Morgan fingerprint density at radius 1 is 1.30 bits per heavy atom. The Hall–Kier alpha value is -1.35. The van der Waals surface area contributed by atoms with Crippen LogP contribution >= 0.6 is 0 Å². The van der Waals surface area contributed by atoms with Crippen molar-refractivity contribution in [2.45, 2.75) is 65.5 Å². The van der Waals surface area contributed by atoms with Crippen LogP contribution in [0.4, 0.5) is 0 Å². The highest BCUT2D eigenvalue weighted by Gasteiger charge is 2.27. The van der Waals surface area contributed by atoms with Gasteiger partial charge in [0.1, 0.15) is 0 Å². The number of amides is 1. The smallest absolute Gasteiger partial charge is 0.240 e. The molecular weight excluding hydrogens is 248 g/mol. The van der Waals surface area contributed by atoms with Crippen LogP contribution in [0.15, 0.2) is 18.2 Å². The van der Waals surface area contributed by atoms with Crippen LogP contribution in [0.2, 0.25) is 0 Å². The van der Waals surface area contributed by atoms with Crippen molar-refractivity contribution in [2.75, 3.05) is 0 Å². The molecule has 0 radical (unpaired) electrons. The first-order valence-electron chi connectivity index (χ1n) is 7.41. The molecule has 2 atom stereocenters. The monoisotopic (exact) mass is 276 g/mol. The molecule has 0 aliphatic heterocycles. The van der Waals surface area contributed by atoms with Crippen molar-refractivity contribution in [2.24, 2.45) is 5.73 Å². The third kappa shape index (κ3) is 4.97. The number of hydrogen-bond donors (Lipinski definition) is 2. The zero-order valence-corrected chi connectivity index (χ0v) is 13.4. The third-order valence-electron chi connectivity index (χ3n) is 3.49. The highest BCUT2D eigenvalue weighted by molar-refractivity contribution is 5.85. The minimum Gasteiger partial charge on any atom is -0.352 e. The number of aryl methyl sites for hydroxylation is 2. The molecule has 0 aromatic heterocycles. The lowest BCUT2D eigenvalue weighted by atomic mass is 9.95. The van der Waals surface area contributed by atoms with Gasteiger partial charge in [0, 0.05) is 6.04 Å². The molecule has 0 aliphatic rings. The average Bonchev–Trinajstić information content (AvgIpc) is 2.26. The molecular formula is C17H28N2O. The van der Waals surface area contributed by atoms with E-state index >= 15 is 0 Å². The standard InChI is InChI=1S/C17H28N2O/c1-6-7-17(5,18)16(20)19-14(4)11-15-9-12(2)8-13(3)10-15/h8-10,14H,6-7,11,18H2,1-5H3,(H,19,20). The summed E-state index contributed by atoms with van der Waals surface area (Å²) in [7, 11) is 0. The van der Waals surface area contributed by atoms with E-state index in [1.54, 1.807) is 6.92 Å². The predicted octanol–water partition coefficient (Wildman–Crippen LogP) is 2.87. The molecule has 0 spiro atoms. The van der Waals surface area contributed by atoms with Crippen LogP contribution in [0.1, 0.15) is 50.3 Å². The first kappa shape index (κ1) is 16.7. The van der Waals surface area contributed by atoms with Crippen molar-refractivity contribution < 1.29 is 4.79 Å². The maximum absolute atomic E-state index is 12.2. The fraction of sp³-hybridized carbons (Fsp3) is 0.588. The summed E-state index contributed by atoms with van der Waals surface area (Å²) in [6, 6.07) is 6.58. The maximum atomic E-state index is 12.2. The van der Waals surface area contributed by atoms with E-state index < -0.39 is 5.54 Å². The highest BCUT2D eigenvalue weighted by Crippen LogP contribution is 2.12. The second-order valence-electron chi connectivity index (χ2n) is 6.24. The van der Waals surface area contributed by atoms with E-state index in [-0.39, 0.29) is 11.9 Å². The van der Waals surface area contributed by atoms with Gasteiger partial charge in [-0.2, -0.15) is 0 Å². The molecule has 3 heteroatoms. The Balaban J connectivity index is 2.63. The zero-order valence-electron chi connectivity index (χ0n) is 13.4. The maximum Gasteiger partial charge on any atom is 0.240 e. The second kappa shape index (κ2) is 6.89. The van der Waals surface area contributed by atoms with E-state index in [1.165, 1.54) is 16.7 Å². The van der Waals surface area contributed by atoms with E-state index in [1.807, 2.05) is 13.8 Å². The average molecular weight is 276 g/mol. The number of benzene rings is 1. The molecule has 1 aromatic carbocycles. The molecule has 0 aliphatic carbocycles. The van der Waals surface area contributed by atoms with Gasteiger partial charge in [0.2, 0.25) is 5.91 Å². The van der Waals surface area contributed by atoms with E-state index in [4.69, 9.17) is 5.73 Å². The number of carbonyl (C=O) groups excluding carboxylic acids is 1. The van der Waals surface area contributed by atoms with Gasteiger partial charge in [0.05, 0.1) is 5.54 Å². The lowest BCUT2D eigenvalue weighted by Gasteiger charge is -2.25. The second-order valence-corrected chi connectivity index (χ2v) is 6.24. The summed E-state index contributed by atoms with van der Waals surface area (Å²) in [6.07, 6.45) is 2.44. The van der Waals surface area contributed by atoms with Gasteiger partial charge in [-0.15, -0.1) is 0 Å². The molecule has 1 rings (SSSR count). The lowest BCUT2D eigenvalue weighted by molar-refractivity contribution is -0.126. The van der Waals surface area contributed by atoms with Gasteiger partial charge in [0.25, 0.3) is 0 Å². The minimum absolute atomic E-state index is 0.0591. The van der Waals surface area contributed by atoms with E-state index in [2.05, 4.69) is 37.4 Å². The molecule has 20 heavy (non-hydrogen) atoms. The van der Waals surface area contributed by atoms with Crippen molar-refractivity contribution in [3.8, 4) is 0 Å². The fourth-order valence-electron chi connectivity index (χ4n) is 2.61. The summed E-state index contributed by atoms with van der Waals surface area (Å²) in [5.74, 6) is -0.0591. The van der Waals surface area contributed by atoms with Crippen LogP contribution in [0.5, 0.6) is 0 Å². The largest absolute Gasteiger partial charge is 0.352 e. The van der Waals surface area contributed by atoms with Gasteiger partial charge >= 0.3 is 0 Å². The van der Waals surface area contributed by atoms with Crippen LogP contribution in [0, 0.1) is 13.8 Å². The Kier molecular flexibility index (Phi) is 5.75. The van der Waals surface area contributed by atoms with Gasteiger partial charge in [0.15, 0.2) is 0 Å². The van der Waals surface area contributed by atoms with Gasteiger partial charge in [-0.1, -0.05) is 42.7 Å². The summed E-state index contributed by atoms with van der Waals surface area (Å²) in [5.41, 5.74) is 9.05. The number of nitrogens with two attached hydrogens (primary N) is 1. The highest BCUT2D eigenvalue weighted by atomic mass is 16.2. The molecule has 3 N–H and O–H groups in total. The van der Waals surface area contributed by atoms with Gasteiger partial charge < -0.3 is 11.1 Å². The van der Waals surface area contributed by atoms with E-state index in [9.17, 15) is 4.79 Å². The van der Waals surface area contributed by atoms with Crippen LogP contribution in [0.25, 0.3) is 0 Å². The quantitative estimate of drug-likeness (QED) is 0.839. The fourth-order valence-corrected chi connectivity index (χ4v) is 2.61. The lowest BCUT2D eigenvalue weighted by Crippen LogP contribution is -2.53. The van der Waals surface area contributed by atoms with Gasteiger partial charge in [-0.05, 0) is 46.1 Å².